The average molecular weight is 460 g/mol. The highest BCUT2D eigenvalue weighted by Gasteiger charge is 2.55. The zero-order valence-electron chi connectivity index (χ0n) is 17.1. The van der Waals surface area contributed by atoms with Gasteiger partial charge >= 0.3 is 12.4 Å². The molecular weight excluding hydrogens is 438 g/mol. The first kappa shape index (κ1) is 23.9. The smallest absolute Gasteiger partial charge is 0.381 e. The van der Waals surface area contributed by atoms with Gasteiger partial charge in [0.15, 0.2) is 0 Å². The van der Waals surface area contributed by atoms with E-state index in [-0.39, 0.29) is 24.1 Å². The number of halogens is 6. The minimum Gasteiger partial charge on any atom is -0.381 e. The van der Waals surface area contributed by atoms with Crippen LogP contribution < -0.4 is 10.6 Å². The third-order valence-corrected chi connectivity index (χ3v) is 5.43. The predicted octanol–water partition coefficient (Wildman–Crippen LogP) is 4.90. The quantitative estimate of drug-likeness (QED) is 0.515. The fourth-order valence-corrected chi connectivity index (χ4v) is 3.23. The second-order valence-corrected chi connectivity index (χ2v) is 7.92. The Morgan fingerprint density at radius 1 is 1.03 bits per heavy atom. The number of anilines is 1. The Bertz CT molecular complexity index is 985. The Kier molecular flexibility index (Phi) is 6.46. The summed E-state index contributed by atoms with van der Waals surface area (Å²) in [7, 11) is 0. The van der Waals surface area contributed by atoms with Crippen molar-refractivity contribution in [2.45, 2.75) is 44.3 Å². The number of alkyl halides is 6. The lowest BCUT2D eigenvalue weighted by Crippen LogP contribution is -2.48. The van der Waals surface area contributed by atoms with E-state index in [0.29, 0.717) is 17.7 Å². The summed E-state index contributed by atoms with van der Waals surface area (Å²) in [6.07, 6.45) is -8.35. The van der Waals surface area contributed by atoms with Crippen molar-refractivity contribution >= 4 is 11.6 Å². The van der Waals surface area contributed by atoms with Crippen molar-refractivity contribution in [1.82, 2.24) is 5.32 Å². The molecule has 2 aromatic carbocycles. The SMILES string of the molecule is Cc1cc(NC[C@](O)(c2cccc(C(F)(F)F)c2)C(F)(F)F)ccc1CNC(=O)C1CC1. The number of amides is 1. The Morgan fingerprint density at radius 3 is 2.25 bits per heavy atom. The van der Waals surface area contributed by atoms with Crippen LogP contribution in [0, 0.1) is 12.8 Å². The first-order chi connectivity index (χ1) is 14.8. The number of carbonyl (C=O) groups excluding carboxylic acids is 1. The Balaban J connectivity index is 1.76. The summed E-state index contributed by atoms with van der Waals surface area (Å²) in [6.45, 7) is 0.903. The van der Waals surface area contributed by atoms with Crippen LogP contribution in [0.3, 0.4) is 0 Å². The fourth-order valence-electron chi connectivity index (χ4n) is 3.23. The number of aryl methyl sites for hydroxylation is 1. The number of rotatable bonds is 7. The van der Waals surface area contributed by atoms with Crippen molar-refractivity contribution in [3.63, 3.8) is 0 Å². The molecule has 1 aliphatic carbocycles. The van der Waals surface area contributed by atoms with Gasteiger partial charge < -0.3 is 15.7 Å². The number of carbonyl (C=O) groups is 1. The van der Waals surface area contributed by atoms with E-state index in [2.05, 4.69) is 10.6 Å². The molecule has 2 aromatic rings. The summed E-state index contributed by atoms with van der Waals surface area (Å²) in [5, 5.41) is 15.7. The van der Waals surface area contributed by atoms with Crippen LogP contribution in [0.25, 0.3) is 0 Å². The highest BCUT2D eigenvalue weighted by atomic mass is 19.4. The van der Waals surface area contributed by atoms with Crippen LogP contribution in [-0.4, -0.2) is 23.7 Å². The third-order valence-electron chi connectivity index (χ3n) is 5.43. The number of benzene rings is 2. The summed E-state index contributed by atoms with van der Waals surface area (Å²) in [6, 6.07) is 7.22. The van der Waals surface area contributed by atoms with Gasteiger partial charge in [-0.15, -0.1) is 0 Å². The monoisotopic (exact) mass is 460 g/mol. The Hall–Kier alpha value is -2.75. The zero-order chi connectivity index (χ0) is 23.7. The van der Waals surface area contributed by atoms with Gasteiger partial charge in [0.05, 0.1) is 12.1 Å². The molecular formula is C22H22F6N2O2. The molecule has 1 saturated carbocycles. The molecule has 0 aliphatic heterocycles. The van der Waals surface area contributed by atoms with E-state index < -0.39 is 35.6 Å². The summed E-state index contributed by atoms with van der Waals surface area (Å²) in [4.78, 5) is 11.8. The molecule has 1 amide bonds. The van der Waals surface area contributed by atoms with Crippen LogP contribution in [0.4, 0.5) is 32.0 Å². The van der Waals surface area contributed by atoms with Crippen molar-refractivity contribution in [2.75, 3.05) is 11.9 Å². The van der Waals surface area contributed by atoms with Crippen molar-refractivity contribution < 1.29 is 36.2 Å². The van der Waals surface area contributed by atoms with Gasteiger partial charge in [-0.2, -0.15) is 26.3 Å². The fraction of sp³-hybridized carbons (Fsp3) is 0.409. The summed E-state index contributed by atoms with van der Waals surface area (Å²) < 4.78 is 79.9. The molecule has 1 fully saturated rings. The standard InChI is InChI=1S/C22H22F6N2O2/c1-13-9-18(8-7-15(13)11-29-19(31)14-5-6-14)30-12-20(32,22(26,27)28)16-3-2-4-17(10-16)21(23,24)25/h2-4,7-10,14,30,32H,5-6,11-12H2,1H3,(H,29,31)/t20-/m0/s1. The molecule has 1 aliphatic rings. The lowest BCUT2D eigenvalue weighted by Gasteiger charge is -2.32. The number of hydrogen-bond donors (Lipinski definition) is 3. The lowest BCUT2D eigenvalue weighted by molar-refractivity contribution is -0.260. The first-order valence-corrected chi connectivity index (χ1v) is 9.89. The van der Waals surface area contributed by atoms with Gasteiger partial charge in [0, 0.05) is 18.2 Å². The first-order valence-electron chi connectivity index (χ1n) is 9.89. The lowest BCUT2D eigenvalue weighted by atomic mass is 9.91. The van der Waals surface area contributed by atoms with Gasteiger partial charge in [-0.05, 0) is 60.7 Å². The van der Waals surface area contributed by atoms with E-state index in [0.717, 1.165) is 30.5 Å². The predicted molar refractivity (Wildman–Crippen MR) is 106 cm³/mol. The molecule has 0 spiro atoms. The largest absolute Gasteiger partial charge is 0.423 e. The molecule has 3 rings (SSSR count). The number of hydrogen-bond acceptors (Lipinski definition) is 3. The molecule has 0 unspecified atom stereocenters. The number of nitrogens with one attached hydrogen (secondary N) is 2. The summed E-state index contributed by atoms with van der Waals surface area (Å²) in [5.41, 5.74) is -4.03. The van der Waals surface area contributed by atoms with E-state index in [1.165, 1.54) is 6.07 Å². The number of aliphatic hydroxyl groups is 1. The van der Waals surface area contributed by atoms with Gasteiger partial charge in [-0.25, -0.2) is 0 Å². The molecule has 10 heteroatoms. The molecule has 0 heterocycles. The molecule has 174 valence electrons. The molecule has 0 saturated heterocycles. The van der Waals surface area contributed by atoms with Crippen LogP contribution in [0.15, 0.2) is 42.5 Å². The van der Waals surface area contributed by atoms with Crippen LogP contribution in [0.2, 0.25) is 0 Å². The van der Waals surface area contributed by atoms with Gasteiger partial charge in [-0.1, -0.05) is 18.2 Å². The topological polar surface area (TPSA) is 61.4 Å². The van der Waals surface area contributed by atoms with Crippen LogP contribution in [0.5, 0.6) is 0 Å². The molecule has 0 aromatic heterocycles. The highest BCUT2D eigenvalue weighted by molar-refractivity contribution is 5.80. The van der Waals surface area contributed by atoms with Crippen molar-refractivity contribution in [1.29, 1.82) is 0 Å². The minimum absolute atomic E-state index is 0.0390. The third kappa shape index (κ3) is 5.35. The van der Waals surface area contributed by atoms with Crippen LogP contribution in [0.1, 0.15) is 35.1 Å². The maximum atomic E-state index is 13.7. The zero-order valence-corrected chi connectivity index (χ0v) is 17.1. The van der Waals surface area contributed by atoms with E-state index in [1.807, 2.05) is 0 Å². The molecule has 0 bridgehead atoms. The molecule has 0 radical (unpaired) electrons. The van der Waals surface area contributed by atoms with Crippen LogP contribution >= 0.6 is 0 Å². The summed E-state index contributed by atoms with van der Waals surface area (Å²) in [5.74, 6) is 0.00932. The molecule has 4 nitrogen and oxygen atoms in total. The van der Waals surface area contributed by atoms with Crippen LogP contribution in [-0.2, 0) is 23.1 Å². The highest BCUT2D eigenvalue weighted by Crippen LogP contribution is 2.41. The minimum atomic E-state index is -5.23. The maximum absolute atomic E-state index is 13.7. The molecule has 32 heavy (non-hydrogen) atoms. The van der Waals surface area contributed by atoms with Gasteiger partial charge in [-0.3, -0.25) is 4.79 Å². The van der Waals surface area contributed by atoms with Gasteiger partial charge in [0.1, 0.15) is 0 Å². The van der Waals surface area contributed by atoms with E-state index >= 15 is 0 Å². The summed E-state index contributed by atoms with van der Waals surface area (Å²) >= 11 is 0. The van der Waals surface area contributed by atoms with E-state index in [1.54, 1.807) is 19.1 Å². The molecule has 3 N–H and O–H groups in total. The Morgan fingerprint density at radius 2 is 1.69 bits per heavy atom. The Labute approximate surface area is 180 Å². The molecule has 1 atom stereocenters. The van der Waals surface area contributed by atoms with Crippen molar-refractivity contribution in [3.8, 4) is 0 Å². The van der Waals surface area contributed by atoms with Gasteiger partial charge in [0.25, 0.3) is 0 Å². The average Bonchev–Trinajstić information content (AvgIpc) is 3.55. The van der Waals surface area contributed by atoms with Crippen molar-refractivity contribution in [3.05, 3.63) is 64.7 Å². The van der Waals surface area contributed by atoms with Crippen molar-refractivity contribution in [2.24, 2.45) is 5.92 Å². The maximum Gasteiger partial charge on any atom is 0.423 e. The second-order valence-electron chi connectivity index (χ2n) is 7.92. The van der Waals surface area contributed by atoms with Gasteiger partial charge in [0.2, 0.25) is 11.5 Å². The van der Waals surface area contributed by atoms with E-state index in [9.17, 15) is 36.2 Å². The normalized spacial score (nSPS) is 16.4. The second kappa shape index (κ2) is 8.65. The van der Waals surface area contributed by atoms with E-state index in [4.69, 9.17) is 0 Å².